The number of rotatable bonds is 5. The van der Waals surface area contributed by atoms with Crippen LogP contribution in [0.15, 0.2) is 60.8 Å². The number of nitrogens with zero attached hydrogens (tertiary/aromatic N) is 5. The Hall–Kier alpha value is -3.96. The molecule has 0 spiro atoms. The zero-order valence-electron chi connectivity index (χ0n) is 20.4. The van der Waals surface area contributed by atoms with Crippen molar-refractivity contribution >= 4 is 11.8 Å². The third kappa shape index (κ3) is 4.75. The lowest BCUT2D eigenvalue weighted by atomic mass is 9.91. The van der Waals surface area contributed by atoms with E-state index in [1.54, 1.807) is 30.3 Å². The molecule has 3 aromatic rings. The van der Waals surface area contributed by atoms with Gasteiger partial charge in [-0.1, -0.05) is 37.1 Å². The minimum Gasteiger partial charge on any atom is -0.410 e. The number of carbonyl (C=O) groups is 1. The SMILES string of the molecule is CN(C(=O)Oc1cccc(-c2ccc(N3CCOCC3)cc2)c1)C1(c2ccnc(C#N)n2)CCCC1. The topological polar surface area (TPSA) is 91.6 Å². The normalized spacial score (nSPS) is 16.8. The van der Waals surface area contributed by atoms with Crippen molar-refractivity contribution in [2.45, 2.75) is 31.2 Å². The molecule has 1 saturated heterocycles. The Bertz CT molecular complexity index is 1260. The highest BCUT2D eigenvalue weighted by Gasteiger charge is 2.44. The van der Waals surface area contributed by atoms with Gasteiger partial charge in [-0.25, -0.2) is 14.8 Å². The molecule has 0 radical (unpaired) electrons. The molecule has 8 heteroatoms. The van der Waals surface area contributed by atoms with Crippen LogP contribution in [-0.4, -0.2) is 54.3 Å². The summed E-state index contributed by atoms with van der Waals surface area (Å²) in [5, 5.41) is 9.25. The lowest BCUT2D eigenvalue weighted by molar-refractivity contribution is 0.0976. The molecule has 0 unspecified atom stereocenters. The van der Waals surface area contributed by atoms with E-state index >= 15 is 0 Å². The number of carbonyl (C=O) groups excluding carboxylic acids is 1. The first-order valence-corrected chi connectivity index (χ1v) is 12.3. The molecule has 1 saturated carbocycles. The van der Waals surface area contributed by atoms with Gasteiger partial charge in [-0.3, -0.25) is 4.90 Å². The van der Waals surface area contributed by atoms with Crippen molar-refractivity contribution in [3.63, 3.8) is 0 Å². The molecule has 184 valence electrons. The predicted molar refractivity (Wildman–Crippen MR) is 136 cm³/mol. The molecule has 0 atom stereocenters. The maximum absolute atomic E-state index is 13.3. The third-order valence-electron chi connectivity index (χ3n) is 7.20. The Morgan fingerprint density at radius 3 is 2.56 bits per heavy atom. The second kappa shape index (κ2) is 10.3. The molecular formula is C28H29N5O3. The molecule has 2 aromatic carbocycles. The first kappa shape index (κ1) is 23.8. The fraction of sp³-hybridized carbons (Fsp3) is 0.357. The maximum atomic E-state index is 13.3. The van der Waals surface area contributed by atoms with Crippen molar-refractivity contribution in [3.05, 3.63) is 72.3 Å². The van der Waals surface area contributed by atoms with Gasteiger partial charge < -0.3 is 14.4 Å². The van der Waals surface area contributed by atoms with Gasteiger partial charge in [0.2, 0.25) is 5.82 Å². The molecule has 1 aliphatic heterocycles. The van der Waals surface area contributed by atoms with E-state index in [4.69, 9.17) is 9.47 Å². The van der Waals surface area contributed by atoms with Crippen molar-refractivity contribution in [1.29, 1.82) is 5.26 Å². The molecule has 1 aliphatic carbocycles. The van der Waals surface area contributed by atoms with Gasteiger partial charge in [0.25, 0.3) is 0 Å². The summed E-state index contributed by atoms with van der Waals surface area (Å²) >= 11 is 0. The van der Waals surface area contributed by atoms with Crippen LogP contribution in [0.3, 0.4) is 0 Å². The number of nitriles is 1. The fourth-order valence-electron chi connectivity index (χ4n) is 5.16. The van der Waals surface area contributed by atoms with Crippen molar-refractivity contribution in [1.82, 2.24) is 14.9 Å². The molecule has 5 rings (SSSR count). The second-order valence-electron chi connectivity index (χ2n) is 9.22. The van der Waals surface area contributed by atoms with Gasteiger partial charge >= 0.3 is 6.09 Å². The summed E-state index contributed by atoms with van der Waals surface area (Å²) in [6.45, 7) is 3.29. The van der Waals surface area contributed by atoms with Crippen molar-refractivity contribution in [2.24, 2.45) is 0 Å². The summed E-state index contributed by atoms with van der Waals surface area (Å²) in [6.07, 6.45) is 4.59. The molecule has 0 N–H and O–H groups in total. The quantitative estimate of drug-likeness (QED) is 0.517. The molecule has 1 amide bonds. The maximum Gasteiger partial charge on any atom is 0.415 e. The van der Waals surface area contributed by atoms with Crippen LogP contribution >= 0.6 is 0 Å². The number of ether oxygens (including phenoxy) is 2. The lowest BCUT2D eigenvalue weighted by Crippen LogP contribution is -2.47. The average Bonchev–Trinajstić information content (AvgIpc) is 3.45. The summed E-state index contributed by atoms with van der Waals surface area (Å²) in [7, 11) is 1.75. The van der Waals surface area contributed by atoms with Crippen LogP contribution in [-0.2, 0) is 10.3 Å². The van der Waals surface area contributed by atoms with E-state index in [9.17, 15) is 10.1 Å². The van der Waals surface area contributed by atoms with Crippen LogP contribution in [0.5, 0.6) is 5.75 Å². The van der Waals surface area contributed by atoms with Crippen LogP contribution in [0.4, 0.5) is 10.5 Å². The van der Waals surface area contributed by atoms with Gasteiger partial charge in [-0.2, -0.15) is 5.26 Å². The highest BCUT2D eigenvalue weighted by atomic mass is 16.6. The first-order valence-electron chi connectivity index (χ1n) is 12.3. The van der Waals surface area contributed by atoms with Crippen molar-refractivity contribution < 1.29 is 14.3 Å². The van der Waals surface area contributed by atoms with Gasteiger partial charge in [0, 0.05) is 32.0 Å². The summed E-state index contributed by atoms with van der Waals surface area (Å²) < 4.78 is 11.3. The van der Waals surface area contributed by atoms with E-state index in [0.29, 0.717) is 11.4 Å². The van der Waals surface area contributed by atoms with Gasteiger partial charge in [0.15, 0.2) is 0 Å². The summed E-state index contributed by atoms with van der Waals surface area (Å²) in [5.41, 5.74) is 3.27. The van der Waals surface area contributed by atoms with Crippen LogP contribution < -0.4 is 9.64 Å². The van der Waals surface area contributed by atoms with Crippen LogP contribution in [0.25, 0.3) is 11.1 Å². The average molecular weight is 484 g/mol. The summed E-state index contributed by atoms with van der Waals surface area (Å²) in [6, 6.07) is 19.8. The van der Waals surface area contributed by atoms with E-state index in [0.717, 1.165) is 63.1 Å². The first-order chi connectivity index (χ1) is 17.6. The standard InChI is InChI=1S/C28H29N5O3/c1-32(28(12-2-3-13-28)25-11-14-30-26(20-29)31-25)27(34)36-24-6-4-5-22(19-24)21-7-9-23(10-8-21)33-15-17-35-18-16-33/h4-11,14,19H,2-3,12-13,15-18H2,1H3. The number of aromatic nitrogens is 2. The Labute approximate surface area is 211 Å². The third-order valence-corrected chi connectivity index (χ3v) is 7.20. The van der Waals surface area contributed by atoms with E-state index < -0.39 is 11.6 Å². The fourth-order valence-corrected chi connectivity index (χ4v) is 5.16. The Balaban J connectivity index is 1.33. The van der Waals surface area contributed by atoms with E-state index in [1.807, 2.05) is 24.3 Å². The lowest BCUT2D eigenvalue weighted by Gasteiger charge is -2.37. The molecule has 8 nitrogen and oxygen atoms in total. The number of benzene rings is 2. The van der Waals surface area contributed by atoms with Gasteiger partial charge in [0.1, 0.15) is 11.8 Å². The van der Waals surface area contributed by atoms with E-state index in [1.165, 1.54) is 5.69 Å². The van der Waals surface area contributed by atoms with Crippen molar-refractivity contribution in [3.8, 4) is 22.9 Å². The monoisotopic (exact) mass is 483 g/mol. The van der Waals surface area contributed by atoms with Gasteiger partial charge in [-0.05, 0) is 54.3 Å². The molecule has 36 heavy (non-hydrogen) atoms. The van der Waals surface area contributed by atoms with Crippen molar-refractivity contribution in [2.75, 3.05) is 38.3 Å². The Morgan fingerprint density at radius 2 is 1.83 bits per heavy atom. The zero-order chi connectivity index (χ0) is 25.0. The highest BCUT2D eigenvalue weighted by molar-refractivity contribution is 5.73. The highest BCUT2D eigenvalue weighted by Crippen LogP contribution is 2.43. The van der Waals surface area contributed by atoms with Gasteiger partial charge in [-0.15, -0.1) is 0 Å². The smallest absolute Gasteiger partial charge is 0.410 e. The van der Waals surface area contributed by atoms with E-state index in [-0.39, 0.29) is 5.82 Å². The number of anilines is 1. The number of morpholine rings is 1. The zero-order valence-corrected chi connectivity index (χ0v) is 20.4. The van der Waals surface area contributed by atoms with Gasteiger partial charge in [0.05, 0.1) is 24.4 Å². The molecule has 2 heterocycles. The largest absolute Gasteiger partial charge is 0.415 e. The Morgan fingerprint density at radius 1 is 1.08 bits per heavy atom. The minimum absolute atomic E-state index is 0.105. The van der Waals surface area contributed by atoms with E-state index in [2.05, 4.69) is 39.1 Å². The molecule has 0 bridgehead atoms. The predicted octanol–water partition coefficient (Wildman–Crippen LogP) is 4.75. The van der Waals surface area contributed by atoms with Crippen LogP contribution in [0.1, 0.15) is 37.2 Å². The second-order valence-corrected chi connectivity index (χ2v) is 9.22. The molecule has 2 fully saturated rings. The number of amides is 1. The van der Waals surface area contributed by atoms with Crippen LogP contribution in [0.2, 0.25) is 0 Å². The summed E-state index contributed by atoms with van der Waals surface area (Å²) in [4.78, 5) is 25.6. The molecular weight excluding hydrogens is 454 g/mol. The Kier molecular flexibility index (Phi) is 6.83. The molecule has 1 aromatic heterocycles. The van der Waals surface area contributed by atoms with Crippen LogP contribution in [0, 0.1) is 11.3 Å². The summed E-state index contributed by atoms with van der Waals surface area (Å²) in [5.74, 6) is 0.586. The number of hydrogen-bond donors (Lipinski definition) is 0. The molecule has 2 aliphatic rings. The number of hydrogen-bond acceptors (Lipinski definition) is 7. The minimum atomic E-state index is -0.613.